The summed E-state index contributed by atoms with van der Waals surface area (Å²) in [5.74, 6) is 5.69. The van der Waals surface area contributed by atoms with Gasteiger partial charge in [-0.2, -0.15) is 9.97 Å². The fraction of sp³-hybridized carbons (Fsp3) is 0.755. The molecule has 0 aromatic carbocycles. The lowest BCUT2D eigenvalue weighted by molar-refractivity contribution is 0.314. The number of aromatic nitrogens is 7. The van der Waals surface area contributed by atoms with Crippen LogP contribution in [0.3, 0.4) is 0 Å². The van der Waals surface area contributed by atoms with Gasteiger partial charge in [0.05, 0.1) is 17.1 Å². The van der Waals surface area contributed by atoms with Crippen LogP contribution in [-0.4, -0.2) is 35.6 Å². The van der Waals surface area contributed by atoms with Crippen LogP contribution in [0.5, 0.6) is 0 Å². The molecule has 0 aliphatic rings. The molecule has 5 aromatic rings. The summed E-state index contributed by atoms with van der Waals surface area (Å²) in [6.45, 7) is 63.1. The Morgan fingerprint density at radius 3 is 0.708 bits per heavy atom. The molecule has 12 heteroatoms. The molecule has 0 amide bonds. The molecule has 5 rings (SSSR count). The van der Waals surface area contributed by atoms with Crippen molar-refractivity contribution < 1.29 is 22.5 Å². The van der Waals surface area contributed by atoms with E-state index in [2.05, 4.69) is 255 Å². The van der Waals surface area contributed by atoms with E-state index in [0.717, 1.165) is 46.1 Å². The zero-order valence-corrected chi connectivity index (χ0v) is 46.9. The van der Waals surface area contributed by atoms with E-state index >= 15 is 0 Å². The second-order valence-electron chi connectivity index (χ2n) is 27.5. The summed E-state index contributed by atoms with van der Waals surface area (Å²) in [5.41, 5.74) is 3.23. The number of hydrogen-bond donors (Lipinski definition) is 0. The van der Waals surface area contributed by atoms with Crippen molar-refractivity contribution in [3.63, 3.8) is 0 Å². The smallest absolute Gasteiger partial charge is 0.232 e. The molecule has 0 bridgehead atoms. The summed E-state index contributed by atoms with van der Waals surface area (Å²) in [4.78, 5) is 13.2. The lowest BCUT2D eigenvalue weighted by Crippen LogP contribution is -2.15. The molecular weight excluding hydrogens is 815 g/mol. The second-order valence-corrected chi connectivity index (χ2v) is 27.5. The third-order valence-corrected chi connectivity index (χ3v) is 9.43. The third-order valence-electron chi connectivity index (χ3n) is 9.43. The summed E-state index contributed by atoms with van der Waals surface area (Å²) in [5, 5.41) is 16.1. The quantitative estimate of drug-likeness (QED) is 0.145. The number of rotatable bonds is 0. The molecule has 370 valence electrons. The lowest BCUT2D eigenvalue weighted by Gasteiger charge is -2.15. The molecule has 12 nitrogen and oxygen atoms in total. The molecular formula is C53H93N7O5. The molecule has 5 aromatic heterocycles. The maximum absolute atomic E-state index is 5.44. The molecule has 0 atom stereocenters. The van der Waals surface area contributed by atoms with Gasteiger partial charge in [-0.1, -0.05) is 228 Å². The van der Waals surface area contributed by atoms with Crippen molar-refractivity contribution in [3.8, 4) is 0 Å². The molecule has 0 saturated heterocycles. The zero-order chi connectivity index (χ0) is 51.4. The van der Waals surface area contributed by atoms with Crippen LogP contribution in [0.2, 0.25) is 0 Å². The van der Waals surface area contributed by atoms with Gasteiger partial charge in [-0.3, -0.25) is 0 Å². The normalized spacial score (nSPS) is 13.4. The van der Waals surface area contributed by atoms with Crippen LogP contribution in [0.1, 0.15) is 266 Å². The molecule has 0 fully saturated rings. The maximum Gasteiger partial charge on any atom is 0.232 e. The third kappa shape index (κ3) is 19.7. The highest BCUT2D eigenvalue weighted by atomic mass is 16.5. The molecule has 65 heavy (non-hydrogen) atoms. The SMILES string of the molecule is CC(C)(C)c1cc(C(C)(C)C)on1.CC(C)(C)c1cc(C(C)(C)C)on1.CC(C)(C)c1coc(C(C)(C)C)n1.CC(C)(C)c1noc(C(C)(C)C)n1.CC(C)(C)c1noc(C(C)(C)C)n1. The van der Waals surface area contributed by atoms with Gasteiger partial charge in [0.1, 0.15) is 17.8 Å². The Balaban J connectivity index is 0.000000406. The predicted molar refractivity (Wildman–Crippen MR) is 265 cm³/mol. The molecule has 0 saturated carbocycles. The Bertz CT molecular complexity index is 1650. The minimum Gasteiger partial charge on any atom is -0.448 e. The summed E-state index contributed by atoms with van der Waals surface area (Å²) in [6, 6.07) is 4.11. The van der Waals surface area contributed by atoms with Crippen molar-refractivity contribution in [2.75, 3.05) is 0 Å². The number of oxazole rings is 1. The van der Waals surface area contributed by atoms with Gasteiger partial charge in [0.25, 0.3) is 0 Å². The Morgan fingerprint density at radius 2 is 0.569 bits per heavy atom. The van der Waals surface area contributed by atoms with Crippen LogP contribution in [0.4, 0.5) is 0 Å². The summed E-state index contributed by atoms with van der Waals surface area (Å²) in [6.07, 6.45) is 1.76. The second kappa shape index (κ2) is 20.4. The minimum absolute atomic E-state index is 0.00347. The zero-order valence-electron chi connectivity index (χ0n) is 46.9. The van der Waals surface area contributed by atoms with Gasteiger partial charge in [0.2, 0.25) is 11.8 Å². The van der Waals surface area contributed by atoms with Crippen LogP contribution in [-0.2, 0) is 54.1 Å². The Kier molecular flexibility index (Phi) is 18.5. The van der Waals surface area contributed by atoms with Crippen LogP contribution in [0.15, 0.2) is 40.9 Å². The van der Waals surface area contributed by atoms with Gasteiger partial charge in [0, 0.05) is 66.3 Å². The van der Waals surface area contributed by atoms with Crippen molar-refractivity contribution in [2.45, 2.75) is 262 Å². The molecule has 0 aliphatic carbocycles. The van der Waals surface area contributed by atoms with Crippen molar-refractivity contribution in [3.05, 3.63) is 76.3 Å². The summed E-state index contributed by atoms with van der Waals surface area (Å²) < 4.78 is 26.4. The van der Waals surface area contributed by atoms with Gasteiger partial charge in [0.15, 0.2) is 17.5 Å². The highest BCUT2D eigenvalue weighted by Gasteiger charge is 2.29. The van der Waals surface area contributed by atoms with Gasteiger partial charge >= 0.3 is 0 Å². The average molecular weight is 908 g/mol. The Hall–Kier alpha value is -4.09. The van der Waals surface area contributed by atoms with Crippen LogP contribution >= 0.6 is 0 Å². The first-order chi connectivity index (χ1) is 28.6. The molecule has 0 aliphatic heterocycles. The number of nitrogens with zero attached hydrogens (tertiary/aromatic N) is 7. The monoisotopic (exact) mass is 908 g/mol. The highest BCUT2D eigenvalue weighted by Crippen LogP contribution is 2.31. The van der Waals surface area contributed by atoms with Crippen LogP contribution in [0, 0.1) is 0 Å². The van der Waals surface area contributed by atoms with E-state index in [1.54, 1.807) is 6.26 Å². The predicted octanol–water partition coefficient (Wildman–Crippen LogP) is 15.1. The maximum atomic E-state index is 5.44. The van der Waals surface area contributed by atoms with Gasteiger partial charge < -0.3 is 22.5 Å². The first kappa shape index (κ1) is 58.9. The molecule has 0 radical (unpaired) electrons. The molecule has 5 heterocycles. The Morgan fingerprint density at radius 1 is 0.277 bits per heavy atom. The fourth-order valence-electron chi connectivity index (χ4n) is 4.59. The van der Waals surface area contributed by atoms with E-state index in [4.69, 9.17) is 22.5 Å². The van der Waals surface area contributed by atoms with Gasteiger partial charge in [-0.15, -0.1) is 0 Å². The average Bonchev–Trinajstić information content (AvgIpc) is 3.92. The van der Waals surface area contributed by atoms with Crippen LogP contribution < -0.4 is 0 Å². The van der Waals surface area contributed by atoms with Crippen LogP contribution in [0.25, 0.3) is 0 Å². The van der Waals surface area contributed by atoms with Gasteiger partial charge in [-0.25, -0.2) is 4.98 Å². The standard InChI is InChI=1S/3C11H19NO.2C10H18N2O/c1-10(2,3)8-7-13-9(12-8)11(4,5)6;2*1-10(2,3)8-7-9(13-12-8)11(4,5)6;2*1-9(2,3)7-11-8(13-12-7)10(4,5)6/h3*7H,1-6H3;2*1-6H3. The van der Waals surface area contributed by atoms with E-state index in [1.807, 2.05) is 0 Å². The van der Waals surface area contributed by atoms with Crippen molar-refractivity contribution in [1.29, 1.82) is 0 Å². The molecule has 0 unspecified atom stereocenters. The van der Waals surface area contributed by atoms with E-state index in [0.29, 0.717) is 11.8 Å². The largest absolute Gasteiger partial charge is 0.448 e. The Labute approximate surface area is 395 Å². The van der Waals surface area contributed by atoms with E-state index in [9.17, 15) is 0 Å². The van der Waals surface area contributed by atoms with Crippen molar-refractivity contribution >= 4 is 0 Å². The first-order valence-electron chi connectivity index (χ1n) is 23.2. The lowest BCUT2D eigenvalue weighted by atomic mass is 9.88. The van der Waals surface area contributed by atoms with Crippen molar-refractivity contribution in [2.24, 2.45) is 0 Å². The van der Waals surface area contributed by atoms with Gasteiger partial charge in [-0.05, 0) is 0 Å². The van der Waals surface area contributed by atoms with E-state index in [-0.39, 0.29) is 54.1 Å². The van der Waals surface area contributed by atoms with E-state index < -0.39 is 0 Å². The first-order valence-corrected chi connectivity index (χ1v) is 23.2. The summed E-state index contributed by atoms with van der Waals surface area (Å²) in [7, 11) is 0. The molecule has 0 N–H and O–H groups in total. The molecule has 0 spiro atoms. The van der Waals surface area contributed by atoms with Crippen molar-refractivity contribution in [1.82, 2.24) is 35.6 Å². The highest BCUT2D eigenvalue weighted by molar-refractivity contribution is 5.19. The summed E-state index contributed by atoms with van der Waals surface area (Å²) >= 11 is 0. The fourth-order valence-corrected chi connectivity index (χ4v) is 4.59. The number of hydrogen-bond acceptors (Lipinski definition) is 12. The van der Waals surface area contributed by atoms with E-state index in [1.165, 1.54) is 0 Å². The minimum atomic E-state index is -0.0590. The topological polar surface area (TPSA) is 156 Å².